The molecule has 0 bridgehead atoms. The fraction of sp³-hybridized carbons (Fsp3) is 0.500. The number of hydrogen-bond donors (Lipinski definition) is 1. The van der Waals surface area contributed by atoms with E-state index in [-0.39, 0.29) is 18.4 Å². The molecule has 1 rings (SSSR count). The summed E-state index contributed by atoms with van der Waals surface area (Å²) in [7, 11) is 0. The van der Waals surface area contributed by atoms with Crippen LogP contribution < -0.4 is 0 Å². The van der Waals surface area contributed by atoms with E-state index in [1.54, 1.807) is 6.92 Å². The first kappa shape index (κ1) is 13.7. The fourth-order valence-electron chi connectivity index (χ4n) is 1.98. The molecule has 0 aromatic heterocycles. The van der Waals surface area contributed by atoms with Crippen LogP contribution in [0.3, 0.4) is 0 Å². The van der Waals surface area contributed by atoms with E-state index in [0.29, 0.717) is 0 Å². The lowest BCUT2D eigenvalue weighted by molar-refractivity contribution is -0.155. The first-order chi connectivity index (χ1) is 8.07. The third-order valence-corrected chi connectivity index (χ3v) is 2.77. The molecule has 0 saturated heterocycles. The van der Waals surface area contributed by atoms with Crippen LogP contribution >= 0.6 is 0 Å². The number of benzene rings is 1. The molecule has 0 radical (unpaired) electrons. The van der Waals surface area contributed by atoms with Gasteiger partial charge in [-0.25, -0.2) is 4.79 Å². The van der Waals surface area contributed by atoms with Gasteiger partial charge in [0.15, 0.2) is 6.10 Å². The van der Waals surface area contributed by atoms with Crippen molar-refractivity contribution in [3.8, 4) is 0 Å². The summed E-state index contributed by atoms with van der Waals surface area (Å²) in [6, 6.07) is 9.57. The van der Waals surface area contributed by atoms with Crippen molar-refractivity contribution in [3.05, 3.63) is 35.9 Å². The molecular formula is C14H20O3. The number of aliphatic hydroxyl groups is 1. The lowest BCUT2D eigenvalue weighted by Crippen LogP contribution is -2.32. The van der Waals surface area contributed by atoms with Crippen LogP contribution in [0.1, 0.15) is 32.3 Å². The monoisotopic (exact) mass is 236 g/mol. The van der Waals surface area contributed by atoms with E-state index in [4.69, 9.17) is 4.74 Å². The average Bonchev–Trinajstić information content (AvgIpc) is 2.30. The van der Waals surface area contributed by atoms with Gasteiger partial charge < -0.3 is 9.84 Å². The molecular weight excluding hydrogens is 216 g/mol. The molecule has 2 unspecified atom stereocenters. The Morgan fingerprint density at radius 3 is 2.35 bits per heavy atom. The number of rotatable bonds is 5. The molecule has 2 atom stereocenters. The highest BCUT2D eigenvalue weighted by Crippen LogP contribution is 2.28. The lowest BCUT2D eigenvalue weighted by Gasteiger charge is -2.25. The van der Waals surface area contributed by atoms with Crippen molar-refractivity contribution in [2.24, 2.45) is 5.92 Å². The van der Waals surface area contributed by atoms with Gasteiger partial charge >= 0.3 is 5.97 Å². The molecule has 1 N–H and O–H groups in total. The van der Waals surface area contributed by atoms with Gasteiger partial charge in [0.25, 0.3) is 0 Å². The molecule has 0 aliphatic rings. The van der Waals surface area contributed by atoms with Crippen LogP contribution in [-0.2, 0) is 9.53 Å². The van der Waals surface area contributed by atoms with Crippen LogP contribution in [0.25, 0.3) is 0 Å². The van der Waals surface area contributed by atoms with Crippen LogP contribution in [0, 0.1) is 5.92 Å². The molecule has 0 aliphatic carbocycles. The van der Waals surface area contributed by atoms with E-state index in [1.807, 2.05) is 44.2 Å². The zero-order valence-electron chi connectivity index (χ0n) is 10.6. The Bertz CT molecular complexity index is 346. The predicted octanol–water partition coefficient (Wildman–Crippen LogP) is 2.35. The largest absolute Gasteiger partial charge is 0.464 e. The van der Waals surface area contributed by atoms with Gasteiger partial charge in [-0.2, -0.15) is 0 Å². The zero-order valence-corrected chi connectivity index (χ0v) is 10.6. The van der Waals surface area contributed by atoms with Gasteiger partial charge in [0.1, 0.15) is 0 Å². The third-order valence-electron chi connectivity index (χ3n) is 2.77. The van der Waals surface area contributed by atoms with Crippen molar-refractivity contribution in [2.75, 3.05) is 6.61 Å². The van der Waals surface area contributed by atoms with E-state index in [9.17, 15) is 9.90 Å². The minimum absolute atomic E-state index is 0.164. The summed E-state index contributed by atoms with van der Waals surface area (Å²) >= 11 is 0. The molecule has 3 nitrogen and oxygen atoms in total. The van der Waals surface area contributed by atoms with Crippen molar-refractivity contribution >= 4 is 5.97 Å². The van der Waals surface area contributed by atoms with Crippen molar-refractivity contribution in [1.29, 1.82) is 0 Å². The second-order valence-electron chi connectivity index (χ2n) is 4.38. The number of aliphatic hydroxyl groups excluding tert-OH is 1. The maximum atomic E-state index is 11.6. The number of ether oxygens (including phenoxy) is 1. The smallest absolute Gasteiger partial charge is 0.335 e. The minimum Gasteiger partial charge on any atom is -0.464 e. The summed E-state index contributed by atoms with van der Waals surface area (Å²) in [5.41, 5.74) is 0.961. The first-order valence-corrected chi connectivity index (χ1v) is 5.97. The molecule has 0 fully saturated rings. The first-order valence-electron chi connectivity index (χ1n) is 5.97. The van der Waals surface area contributed by atoms with Crippen molar-refractivity contribution in [3.63, 3.8) is 0 Å². The lowest BCUT2D eigenvalue weighted by atomic mass is 9.84. The highest BCUT2D eigenvalue weighted by Gasteiger charge is 2.30. The van der Waals surface area contributed by atoms with Crippen molar-refractivity contribution in [1.82, 2.24) is 0 Å². The Hall–Kier alpha value is -1.35. The molecule has 3 heteroatoms. The molecule has 94 valence electrons. The summed E-state index contributed by atoms with van der Waals surface area (Å²) < 4.78 is 4.87. The Morgan fingerprint density at radius 2 is 1.88 bits per heavy atom. The maximum Gasteiger partial charge on any atom is 0.335 e. The predicted molar refractivity (Wildman–Crippen MR) is 66.7 cm³/mol. The Labute approximate surface area is 102 Å². The van der Waals surface area contributed by atoms with E-state index in [0.717, 1.165) is 5.56 Å². The fourth-order valence-corrected chi connectivity index (χ4v) is 1.98. The highest BCUT2D eigenvalue weighted by molar-refractivity contribution is 5.75. The number of carbonyl (C=O) groups is 1. The molecule has 1 aromatic rings. The molecule has 0 saturated carbocycles. The van der Waals surface area contributed by atoms with E-state index < -0.39 is 12.1 Å². The zero-order chi connectivity index (χ0) is 12.8. The van der Waals surface area contributed by atoms with E-state index in [2.05, 4.69) is 0 Å². The summed E-state index contributed by atoms with van der Waals surface area (Å²) in [5.74, 6) is -0.609. The summed E-state index contributed by atoms with van der Waals surface area (Å²) in [6.45, 7) is 5.99. The van der Waals surface area contributed by atoms with Gasteiger partial charge in [-0.15, -0.1) is 0 Å². The van der Waals surface area contributed by atoms with Crippen LogP contribution in [-0.4, -0.2) is 23.8 Å². The van der Waals surface area contributed by atoms with Gasteiger partial charge in [0.2, 0.25) is 0 Å². The standard InChI is InChI=1S/C14H20O3/c1-4-17-14(16)13(15)12(10(2)3)11-8-6-5-7-9-11/h5-10,12-13,15H,4H2,1-3H3. The Balaban J connectivity index is 2.90. The summed E-state index contributed by atoms with van der Waals surface area (Å²) in [4.78, 5) is 11.6. The Kier molecular flexibility index (Phi) is 5.16. The van der Waals surface area contributed by atoms with Crippen LogP contribution in [0.2, 0.25) is 0 Å². The molecule has 17 heavy (non-hydrogen) atoms. The van der Waals surface area contributed by atoms with Gasteiger partial charge in [-0.3, -0.25) is 0 Å². The van der Waals surface area contributed by atoms with Crippen molar-refractivity contribution < 1.29 is 14.6 Å². The second-order valence-corrected chi connectivity index (χ2v) is 4.38. The highest BCUT2D eigenvalue weighted by atomic mass is 16.5. The topological polar surface area (TPSA) is 46.5 Å². The van der Waals surface area contributed by atoms with Gasteiger partial charge in [-0.05, 0) is 18.4 Å². The number of hydrogen-bond acceptors (Lipinski definition) is 3. The molecule has 0 amide bonds. The van der Waals surface area contributed by atoms with Crippen LogP contribution in [0.4, 0.5) is 0 Å². The molecule has 0 spiro atoms. The summed E-state index contributed by atoms with van der Waals surface area (Å²) in [6.07, 6.45) is -1.10. The van der Waals surface area contributed by atoms with E-state index in [1.165, 1.54) is 0 Å². The number of carbonyl (C=O) groups excluding carboxylic acids is 1. The van der Waals surface area contributed by atoms with E-state index >= 15 is 0 Å². The normalized spacial score (nSPS) is 14.4. The third kappa shape index (κ3) is 3.56. The number of esters is 1. The van der Waals surface area contributed by atoms with Crippen LogP contribution in [0.5, 0.6) is 0 Å². The molecule has 1 aromatic carbocycles. The van der Waals surface area contributed by atoms with Crippen molar-refractivity contribution in [2.45, 2.75) is 32.8 Å². The average molecular weight is 236 g/mol. The minimum atomic E-state index is -1.10. The van der Waals surface area contributed by atoms with Crippen LogP contribution in [0.15, 0.2) is 30.3 Å². The van der Waals surface area contributed by atoms with Gasteiger partial charge in [0, 0.05) is 5.92 Å². The quantitative estimate of drug-likeness (QED) is 0.798. The SMILES string of the molecule is CCOC(=O)C(O)C(c1ccccc1)C(C)C. The Morgan fingerprint density at radius 1 is 1.29 bits per heavy atom. The summed E-state index contributed by atoms with van der Waals surface area (Å²) in [5, 5.41) is 10.1. The molecule has 0 heterocycles. The molecule has 0 aliphatic heterocycles. The van der Waals surface area contributed by atoms with Gasteiger partial charge in [0.05, 0.1) is 6.61 Å². The van der Waals surface area contributed by atoms with Gasteiger partial charge in [-0.1, -0.05) is 44.2 Å². The second kappa shape index (κ2) is 6.40. The maximum absolute atomic E-state index is 11.6.